The van der Waals surface area contributed by atoms with Gasteiger partial charge in [0.2, 0.25) is 0 Å². The van der Waals surface area contributed by atoms with Crippen LogP contribution in [-0.2, 0) is 6.42 Å². The van der Waals surface area contributed by atoms with Crippen molar-refractivity contribution < 1.29 is 9.47 Å². The number of rotatable bonds is 2. The van der Waals surface area contributed by atoms with E-state index in [0.717, 1.165) is 29.0 Å². The molecule has 0 radical (unpaired) electrons. The summed E-state index contributed by atoms with van der Waals surface area (Å²) >= 11 is 0. The van der Waals surface area contributed by atoms with E-state index >= 15 is 0 Å². The summed E-state index contributed by atoms with van der Waals surface area (Å²) in [5.41, 5.74) is 8.44. The van der Waals surface area contributed by atoms with E-state index in [2.05, 4.69) is 4.98 Å². The lowest BCUT2D eigenvalue weighted by Crippen LogP contribution is -2.10. The summed E-state index contributed by atoms with van der Waals surface area (Å²) in [6, 6.07) is 3.89. The Bertz CT molecular complexity index is 636. The van der Waals surface area contributed by atoms with E-state index < -0.39 is 0 Å². The lowest BCUT2D eigenvalue weighted by molar-refractivity contribution is 0.254. The standard InChI is InChI=1S/C13H16N4O2/c1-7-3-8-4-11(18-2)9(5-10(8)19-7)12-13(14)17(15)6-16-12/h4-7H,3,14-15H2,1-2H3. The highest BCUT2D eigenvalue weighted by atomic mass is 16.5. The molecular formula is C13H16N4O2. The van der Waals surface area contributed by atoms with Crippen LogP contribution < -0.4 is 21.1 Å². The number of methoxy groups -OCH3 is 1. The molecule has 0 bridgehead atoms. The van der Waals surface area contributed by atoms with Crippen LogP contribution in [0.15, 0.2) is 18.5 Å². The van der Waals surface area contributed by atoms with Crippen molar-refractivity contribution in [2.75, 3.05) is 18.7 Å². The molecule has 0 aliphatic carbocycles. The van der Waals surface area contributed by atoms with Gasteiger partial charge in [-0.2, -0.15) is 0 Å². The van der Waals surface area contributed by atoms with Gasteiger partial charge in [-0.1, -0.05) is 0 Å². The predicted molar refractivity (Wildman–Crippen MR) is 72.6 cm³/mol. The fourth-order valence-electron chi connectivity index (χ4n) is 2.37. The molecule has 1 aliphatic heterocycles. The van der Waals surface area contributed by atoms with E-state index in [1.807, 2.05) is 19.1 Å². The molecule has 2 aromatic rings. The van der Waals surface area contributed by atoms with Crippen molar-refractivity contribution in [1.29, 1.82) is 0 Å². The average Bonchev–Trinajstić information content (AvgIpc) is 2.90. The van der Waals surface area contributed by atoms with Crippen LogP contribution in [0.25, 0.3) is 11.3 Å². The zero-order valence-electron chi connectivity index (χ0n) is 10.9. The minimum atomic E-state index is 0.180. The van der Waals surface area contributed by atoms with Crippen molar-refractivity contribution >= 4 is 5.82 Å². The monoisotopic (exact) mass is 260 g/mol. The Morgan fingerprint density at radius 3 is 2.89 bits per heavy atom. The Morgan fingerprint density at radius 2 is 2.26 bits per heavy atom. The van der Waals surface area contributed by atoms with E-state index in [9.17, 15) is 0 Å². The van der Waals surface area contributed by atoms with Crippen molar-refractivity contribution in [1.82, 2.24) is 9.66 Å². The van der Waals surface area contributed by atoms with Crippen LogP contribution in [0.3, 0.4) is 0 Å². The molecule has 1 unspecified atom stereocenters. The Balaban J connectivity index is 2.16. The molecule has 0 fully saturated rings. The van der Waals surface area contributed by atoms with Crippen LogP contribution in [0.1, 0.15) is 12.5 Å². The van der Waals surface area contributed by atoms with Crippen molar-refractivity contribution in [2.24, 2.45) is 0 Å². The van der Waals surface area contributed by atoms with Crippen molar-refractivity contribution in [2.45, 2.75) is 19.4 Å². The van der Waals surface area contributed by atoms with Gasteiger partial charge in [-0.25, -0.2) is 9.66 Å². The highest BCUT2D eigenvalue weighted by molar-refractivity contribution is 5.78. The number of hydrogen-bond donors (Lipinski definition) is 2. The van der Waals surface area contributed by atoms with Gasteiger partial charge >= 0.3 is 0 Å². The third-order valence-electron chi connectivity index (χ3n) is 3.31. The van der Waals surface area contributed by atoms with E-state index in [1.165, 1.54) is 11.0 Å². The molecule has 2 heterocycles. The molecule has 1 aromatic carbocycles. The summed E-state index contributed by atoms with van der Waals surface area (Å²) in [4.78, 5) is 4.22. The number of nitrogen functional groups attached to an aromatic ring is 2. The van der Waals surface area contributed by atoms with Gasteiger partial charge in [-0.05, 0) is 19.1 Å². The molecule has 3 rings (SSSR count). The molecule has 1 aliphatic rings. The summed E-state index contributed by atoms with van der Waals surface area (Å²) in [6.07, 6.45) is 2.53. The zero-order valence-corrected chi connectivity index (χ0v) is 10.9. The first-order valence-corrected chi connectivity index (χ1v) is 6.06. The van der Waals surface area contributed by atoms with Crippen molar-refractivity contribution in [3.8, 4) is 22.8 Å². The normalized spacial score (nSPS) is 17.1. The minimum absolute atomic E-state index is 0.180. The second-order valence-electron chi connectivity index (χ2n) is 4.68. The smallest absolute Gasteiger partial charge is 0.150 e. The Kier molecular flexibility index (Phi) is 2.51. The number of ether oxygens (including phenoxy) is 2. The highest BCUT2D eigenvalue weighted by Crippen LogP contribution is 2.40. The molecule has 6 nitrogen and oxygen atoms in total. The molecule has 1 aromatic heterocycles. The Morgan fingerprint density at radius 1 is 1.47 bits per heavy atom. The SMILES string of the molecule is COc1cc2c(cc1-c1ncn(N)c1N)OC(C)C2. The molecule has 1 atom stereocenters. The summed E-state index contributed by atoms with van der Waals surface area (Å²) in [5.74, 6) is 7.63. The van der Waals surface area contributed by atoms with Gasteiger partial charge in [0.25, 0.3) is 0 Å². The van der Waals surface area contributed by atoms with Gasteiger partial charge in [0.1, 0.15) is 29.6 Å². The number of anilines is 1. The maximum Gasteiger partial charge on any atom is 0.150 e. The summed E-state index contributed by atoms with van der Waals surface area (Å²) in [7, 11) is 1.63. The van der Waals surface area contributed by atoms with Gasteiger partial charge < -0.3 is 21.1 Å². The molecule has 0 saturated heterocycles. The quantitative estimate of drug-likeness (QED) is 0.791. The number of hydrogen-bond acceptors (Lipinski definition) is 5. The molecule has 0 amide bonds. The number of aromatic nitrogens is 2. The van der Waals surface area contributed by atoms with Crippen LogP contribution in [0, 0.1) is 0 Å². The number of nitrogens with zero attached hydrogens (tertiary/aromatic N) is 2. The van der Waals surface area contributed by atoms with Crippen molar-refractivity contribution in [3.05, 3.63) is 24.0 Å². The molecule has 100 valence electrons. The van der Waals surface area contributed by atoms with E-state index in [0.29, 0.717) is 11.5 Å². The maximum absolute atomic E-state index is 5.91. The molecule has 19 heavy (non-hydrogen) atoms. The van der Waals surface area contributed by atoms with E-state index in [4.69, 9.17) is 21.1 Å². The van der Waals surface area contributed by atoms with Crippen LogP contribution in [0.4, 0.5) is 5.82 Å². The van der Waals surface area contributed by atoms with E-state index in [1.54, 1.807) is 7.11 Å². The highest BCUT2D eigenvalue weighted by Gasteiger charge is 2.24. The van der Waals surface area contributed by atoms with Crippen LogP contribution in [-0.4, -0.2) is 22.9 Å². The van der Waals surface area contributed by atoms with Gasteiger partial charge in [0.15, 0.2) is 5.82 Å². The van der Waals surface area contributed by atoms with E-state index in [-0.39, 0.29) is 6.10 Å². The first-order valence-electron chi connectivity index (χ1n) is 6.06. The Hall–Kier alpha value is -2.37. The first kappa shape index (κ1) is 11.7. The third kappa shape index (κ3) is 1.76. The molecule has 6 heteroatoms. The maximum atomic E-state index is 5.91. The van der Waals surface area contributed by atoms with Crippen LogP contribution in [0.2, 0.25) is 0 Å². The fraction of sp³-hybridized carbons (Fsp3) is 0.308. The minimum Gasteiger partial charge on any atom is -0.496 e. The summed E-state index contributed by atoms with van der Waals surface area (Å²) in [5, 5.41) is 0. The number of benzene rings is 1. The largest absolute Gasteiger partial charge is 0.496 e. The molecule has 0 saturated carbocycles. The predicted octanol–water partition coefficient (Wildman–Crippen LogP) is 1.18. The third-order valence-corrected chi connectivity index (χ3v) is 3.31. The van der Waals surface area contributed by atoms with Gasteiger partial charge in [-0.15, -0.1) is 0 Å². The average molecular weight is 260 g/mol. The van der Waals surface area contributed by atoms with Gasteiger partial charge in [0.05, 0.1) is 7.11 Å². The van der Waals surface area contributed by atoms with Crippen LogP contribution >= 0.6 is 0 Å². The lowest BCUT2D eigenvalue weighted by atomic mass is 10.0. The second-order valence-corrected chi connectivity index (χ2v) is 4.68. The van der Waals surface area contributed by atoms with Crippen molar-refractivity contribution in [3.63, 3.8) is 0 Å². The number of imidazole rings is 1. The first-order chi connectivity index (χ1) is 9.10. The number of fused-ring (bicyclic) bond motifs is 1. The Labute approximate surface area is 110 Å². The topological polar surface area (TPSA) is 88.3 Å². The van der Waals surface area contributed by atoms with Gasteiger partial charge in [-0.3, -0.25) is 0 Å². The van der Waals surface area contributed by atoms with Gasteiger partial charge in [0, 0.05) is 17.5 Å². The lowest BCUT2D eigenvalue weighted by Gasteiger charge is -2.10. The molecular weight excluding hydrogens is 244 g/mol. The number of nitrogens with two attached hydrogens (primary N) is 2. The molecule has 0 spiro atoms. The molecule has 4 N–H and O–H groups in total. The zero-order chi connectivity index (χ0) is 13.6. The summed E-state index contributed by atoms with van der Waals surface area (Å²) < 4.78 is 12.5. The second kappa shape index (κ2) is 4.08. The van der Waals surface area contributed by atoms with Crippen LogP contribution in [0.5, 0.6) is 11.5 Å². The fourth-order valence-corrected chi connectivity index (χ4v) is 2.37. The summed E-state index contributed by atoms with van der Waals surface area (Å²) in [6.45, 7) is 2.04.